The van der Waals surface area contributed by atoms with Gasteiger partial charge in [0.05, 0.1) is 5.69 Å². The number of H-pyrrole nitrogens is 1. The first-order valence-corrected chi connectivity index (χ1v) is 4.93. The molecule has 0 aliphatic rings. The second-order valence-electron chi connectivity index (χ2n) is 3.05. The molecule has 76 valence electrons. The van der Waals surface area contributed by atoms with Crippen LogP contribution in [0.2, 0.25) is 0 Å². The fourth-order valence-corrected chi connectivity index (χ4v) is 1.72. The highest BCUT2D eigenvalue weighted by molar-refractivity contribution is 9.10. The van der Waals surface area contributed by atoms with E-state index in [1.54, 1.807) is 6.07 Å². The van der Waals surface area contributed by atoms with E-state index in [0.29, 0.717) is 0 Å². The van der Waals surface area contributed by atoms with E-state index in [9.17, 15) is 9.59 Å². The molecule has 2 aromatic rings. The van der Waals surface area contributed by atoms with Gasteiger partial charge in [0.15, 0.2) is 0 Å². The van der Waals surface area contributed by atoms with Crippen molar-refractivity contribution >= 4 is 38.6 Å². The Morgan fingerprint density at radius 2 is 2.00 bits per heavy atom. The van der Waals surface area contributed by atoms with Crippen molar-refractivity contribution in [2.45, 2.75) is 0 Å². The van der Waals surface area contributed by atoms with Crippen LogP contribution in [0.4, 0.5) is 0 Å². The van der Waals surface area contributed by atoms with Crippen LogP contribution in [0.3, 0.4) is 0 Å². The summed E-state index contributed by atoms with van der Waals surface area (Å²) in [5, 5.41) is 9.34. The molecule has 0 saturated heterocycles. The third-order valence-electron chi connectivity index (χ3n) is 2.02. The monoisotopic (exact) mass is 267 g/mol. The number of hydrogen-bond donors (Lipinski definition) is 2. The fourth-order valence-electron chi connectivity index (χ4n) is 1.34. The predicted octanol–water partition coefficient (Wildman–Crippen LogP) is 2.20. The van der Waals surface area contributed by atoms with Gasteiger partial charge in [0, 0.05) is 15.4 Å². The number of carbonyl (C=O) groups is 2. The van der Waals surface area contributed by atoms with Crippen molar-refractivity contribution in [3.63, 3.8) is 0 Å². The number of rotatable bonds is 2. The summed E-state index contributed by atoms with van der Waals surface area (Å²) in [5.41, 5.74) is 0.832. The SMILES string of the molecule is O=C(O)C(=O)c1cc2cc(Br)ccc2[nH]1. The predicted molar refractivity (Wildman–Crippen MR) is 58.0 cm³/mol. The molecule has 0 radical (unpaired) electrons. The molecule has 4 nitrogen and oxygen atoms in total. The minimum Gasteiger partial charge on any atom is -0.475 e. The van der Waals surface area contributed by atoms with E-state index >= 15 is 0 Å². The first-order chi connectivity index (χ1) is 7.08. The zero-order chi connectivity index (χ0) is 11.0. The van der Waals surface area contributed by atoms with Crippen molar-refractivity contribution in [3.8, 4) is 0 Å². The largest absolute Gasteiger partial charge is 0.475 e. The number of hydrogen-bond acceptors (Lipinski definition) is 2. The topological polar surface area (TPSA) is 70.2 Å². The number of carbonyl (C=O) groups excluding carboxylic acids is 1. The van der Waals surface area contributed by atoms with Gasteiger partial charge in [0.25, 0.3) is 5.78 Å². The maximum atomic E-state index is 11.2. The summed E-state index contributed by atoms with van der Waals surface area (Å²) in [7, 11) is 0. The Balaban J connectivity index is 2.56. The lowest BCUT2D eigenvalue weighted by molar-refractivity contribution is -0.131. The lowest BCUT2D eigenvalue weighted by Gasteiger charge is -1.89. The van der Waals surface area contributed by atoms with Gasteiger partial charge in [-0.15, -0.1) is 0 Å². The lowest BCUT2D eigenvalue weighted by atomic mass is 10.2. The Kier molecular flexibility index (Phi) is 2.32. The molecule has 0 amide bonds. The van der Waals surface area contributed by atoms with Crippen LogP contribution in [-0.2, 0) is 4.79 Å². The van der Waals surface area contributed by atoms with Crippen molar-refractivity contribution in [2.75, 3.05) is 0 Å². The number of nitrogens with one attached hydrogen (secondary N) is 1. The number of aromatic nitrogens is 1. The third kappa shape index (κ3) is 1.78. The van der Waals surface area contributed by atoms with Crippen molar-refractivity contribution in [3.05, 3.63) is 34.4 Å². The van der Waals surface area contributed by atoms with E-state index in [1.807, 2.05) is 12.1 Å². The lowest BCUT2D eigenvalue weighted by Crippen LogP contribution is -2.12. The molecule has 15 heavy (non-hydrogen) atoms. The van der Waals surface area contributed by atoms with Crippen LogP contribution in [0.15, 0.2) is 28.7 Å². The van der Waals surface area contributed by atoms with Crippen LogP contribution < -0.4 is 0 Å². The number of ketones is 1. The maximum Gasteiger partial charge on any atom is 0.378 e. The third-order valence-corrected chi connectivity index (χ3v) is 2.51. The van der Waals surface area contributed by atoms with Gasteiger partial charge in [-0.2, -0.15) is 0 Å². The minimum absolute atomic E-state index is 0.0931. The van der Waals surface area contributed by atoms with E-state index in [-0.39, 0.29) is 5.69 Å². The van der Waals surface area contributed by atoms with E-state index in [0.717, 1.165) is 15.4 Å². The quantitative estimate of drug-likeness (QED) is 0.648. The maximum absolute atomic E-state index is 11.2. The van der Waals surface area contributed by atoms with Crippen molar-refractivity contribution in [2.24, 2.45) is 0 Å². The van der Waals surface area contributed by atoms with Crippen LogP contribution in [0.1, 0.15) is 10.5 Å². The number of benzene rings is 1. The van der Waals surface area contributed by atoms with Gasteiger partial charge < -0.3 is 10.1 Å². The highest BCUT2D eigenvalue weighted by Crippen LogP contribution is 2.20. The summed E-state index contributed by atoms with van der Waals surface area (Å²) in [5.74, 6) is -2.39. The molecule has 1 aromatic heterocycles. The van der Waals surface area contributed by atoms with Crippen LogP contribution in [0.25, 0.3) is 10.9 Å². The number of Topliss-reactive ketones (excluding diaryl/α,β-unsaturated/α-hetero) is 1. The van der Waals surface area contributed by atoms with E-state index in [1.165, 1.54) is 6.07 Å². The summed E-state index contributed by atoms with van der Waals surface area (Å²) in [6, 6.07) is 6.92. The van der Waals surface area contributed by atoms with Crippen LogP contribution in [0.5, 0.6) is 0 Å². The van der Waals surface area contributed by atoms with Gasteiger partial charge >= 0.3 is 5.97 Å². The highest BCUT2D eigenvalue weighted by atomic mass is 79.9. The Hall–Kier alpha value is -1.62. The molecule has 0 aliphatic heterocycles. The molecule has 2 N–H and O–H groups in total. The molecule has 0 atom stereocenters. The number of halogens is 1. The van der Waals surface area contributed by atoms with E-state index in [2.05, 4.69) is 20.9 Å². The first-order valence-electron chi connectivity index (χ1n) is 4.14. The Morgan fingerprint density at radius 3 is 2.67 bits per heavy atom. The highest BCUT2D eigenvalue weighted by Gasteiger charge is 2.16. The Morgan fingerprint density at radius 1 is 1.27 bits per heavy atom. The second kappa shape index (κ2) is 3.51. The molecule has 1 heterocycles. The molecule has 0 fully saturated rings. The number of aromatic amines is 1. The van der Waals surface area contributed by atoms with Crippen molar-refractivity contribution < 1.29 is 14.7 Å². The van der Waals surface area contributed by atoms with Crippen LogP contribution in [-0.4, -0.2) is 21.8 Å². The minimum atomic E-state index is -1.46. The fraction of sp³-hybridized carbons (Fsp3) is 0. The first kappa shape index (κ1) is 9.92. The van der Waals surface area contributed by atoms with Crippen molar-refractivity contribution in [1.82, 2.24) is 4.98 Å². The summed E-state index contributed by atoms with van der Waals surface area (Å²) in [4.78, 5) is 24.4. The van der Waals surface area contributed by atoms with Gasteiger partial charge in [0.1, 0.15) is 0 Å². The average molecular weight is 268 g/mol. The number of aliphatic carboxylic acids is 1. The molecule has 1 aromatic carbocycles. The molecule has 2 rings (SSSR count). The van der Waals surface area contributed by atoms with E-state index in [4.69, 9.17) is 5.11 Å². The van der Waals surface area contributed by atoms with Gasteiger partial charge in [-0.3, -0.25) is 4.79 Å². The molecule has 0 saturated carbocycles. The smallest absolute Gasteiger partial charge is 0.378 e. The standard InChI is InChI=1S/C10H6BrNO3/c11-6-1-2-7-5(3-6)4-8(12-7)9(13)10(14)15/h1-4,12H,(H,14,15). The second-order valence-corrected chi connectivity index (χ2v) is 3.96. The molecule has 0 spiro atoms. The number of carboxylic acids is 1. The Bertz CT molecular complexity index is 559. The number of carboxylic acid groups (broad SMARTS) is 1. The molecular formula is C10H6BrNO3. The summed E-state index contributed by atoms with van der Waals surface area (Å²) in [6.07, 6.45) is 0. The van der Waals surface area contributed by atoms with E-state index < -0.39 is 11.8 Å². The summed E-state index contributed by atoms with van der Waals surface area (Å²) >= 11 is 3.29. The summed E-state index contributed by atoms with van der Waals surface area (Å²) in [6.45, 7) is 0. The van der Waals surface area contributed by atoms with Crippen LogP contribution in [0, 0.1) is 0 Å². The van der Waals surface area contributed by atoms with Gasteiger partial charge in [-0.05, 0) is 24.3 Å². The van der Waals surface area contributed by atoms with Gasteiger partial charge in [-0.1, -0.05) is 15.9 Å². The van der Waals surface area contributed by atoms with Gasteiger partial charge in [0.2, 0.25) is 0 Å². The average Bonchev–Trinajstić information content (AvgIpc) is 2.58. The molecular weight excluding hydrogens is 262 g/mol. The number of fused-ring (bicyclic) bond motifs is 1. The Labute approximate surface area is 93.0 Å². The molecule has 5 heteroatoms. The van der Waals surface area contributed by atoms with Crippen LogP contribution >= 0.6 is 15.9 Å². The molecule has 0 bridgehead atoms. The normalized spacial score (nSPS) is 10.5. The molecule has 0 aliphatic carbocycles. The summed E-state index contributed by atoms with van der Waals surface area (Å²) < 4.78 is 0.878. The molecule has 0 unspecified atom stereocenters. The van der Waals surface area contributed by atoms with Gasteiger partial charge in [-0.25, -0.2) is 4.79 Å². The van der Waals surface area contributed by atoms with Crippen molar-refractivity contribution in [1.29, 1.82) is 0 Å². The zero-order valence-corrected chi connectivity index (χ0v) is 9.04. The zero-order valence-electron chi connectivity index (χ0n) is 7.45.